The van der Waals surface area contributed by atoms with Gasteiger partial charge in [0.15, 0.2) is 0 Å². The molecule has 2 heterocycles. The molecule has 0 aliphatic carbocycles. The Kier molecular flexibility index (Phi) is 6.59. The predicted octanol–water partition coefficient (Wildman–Crippen LogP) is 4.75. The van der Waals surface area contributed by atoms with Crippen molar-refractivity contribution in [2.45, 2.75) is 46.6 Å². The van der Waals surface area contributed by atoms with Crippen LogP contribution in [-0.4, -0.2) is 19.8 Å². The van der Waals surface area contributed by atoms with Gasteiger partial charge in [-0.1, -0.05) is 61.9 Å². The molecule has 0 fully saturated rings. The van der Waals surface area contributed by atoms with E-state index in [4.69, 9.17) is 5.73 Å². The largest absolute Gasteiger partial charge is 0.366 e. The van der Waals surface area contributed by atoms with E-state index in [-0.39, 0.29) is 5.56 Å². The fraction of sp³-hybridized carbons (Fsp3) is 0.286. The minimum atomic E-state index is -0.508. The molecule has 6 nitrogen and oxygen atoms in total. The first kappa shape index (κ1) is 23.4. The van der Waals surface area contributed by atoms with E-state index in [2.05, 4.69) is 23.6 Å². The van der Waals surface area contributed by atoms with Crippen LogP contribution in [0.15, 0.2) is 65.5 Å². The molecular formula is C28H32N4O2. The molecule has 4 rings (SSSR count). The normalized spacial score (nSPS) is 11.2. The monoisotopic (exact) mass is 456 g/mol. The number of nitrogens with zero attached hydrogens (tertiary/aromatic N) is 3. The van der Waals surface area contributed by atoms with Crippen LogP contribution < -0.4 is 11.3 Å². The first-order valence-electron chi connectivity index (χ1n) is 11.8. The summed E-state index contributed by atoms with van der Waals surface area (Å²) in [5, 5.41) is 0. The van der Waals surface area contributed by atoms with Gasteiger partial charge in [0.2, 0.25) is 0 Å². The average Bonchev–Trinajstić information content (AvgIpc) is 3.22. The molecule has 4 aromatic rings. The third-order valence-electron chi connectivity index (χ3n) is 6.63. The van der Waals surface area contributed by atoms with Crippen molar-refractivity contribution in [3.05, 3.63) is 99.2 Å². The Morgan fingerprint density at radius 1 is 0.912 bits per heavy atom. The van der Waals surface area contributed by atoms with Crippen LogP contribution in [0.3, 0.4) is 0 Å². The standard InChI is InChI=1S/C28H32N4O2/c1-5-6-17-23-26(24(27(29)33)20(3)31(23)18-21-13-9-7-10-14-21)25-19(2)30(4)32(28(25)34)22-15-11-8-12-16-22/h7-16H,5-6,17-18H2,1-4H3,(H2,29,33). The van der Waals surface area contributed by atoms with E-state index >= 15 is 0 Å². The van der Waals surface area contributed by atoms with Gasteiger partial charge in [0, 0.05) is 36.2 Å². The number of benzene rings is 2. The lowest BCUT2D eigenvalue weighted by Gasteiger charge is -2.13. The van der Waals surface area contributed by atoms with Gasteiger partial charge in [-0.2, -0.15) is 0 Å². The molecule has 0 spiro atoms. The second-order valence-electron chi connectivity index (χ2n) is 8.76. The first-order chi connectivity index (χ1) is 16.4. The third kappa shape index (κ3) is 4.00. The van der Waals surface area contributed by atoms with E-state index < -0.39 is 5.91 Å². The highest BCUT2D eigenvalue weighted by Crippen LogP contribution is 2.35. The molecule has 0 saturated heterocycles. The number of unbranched alkanes of at least 4 members (excludes halogenated alkanes) is 1. The summed E-state index contributed by atoms with van der Waals surface area (Å²) in [5.41, 5.74) is 12.0. The first-order valence-corrected chi connectivity index (χ1v) is 11.8. The molecule has 6 heteroatoms. The number of hydrogen-bond donors (Lipinski definition) is 1. The molecule has 0 radical (unpaired) electrons. The number of amides is 1. The molecule has 0 aliphatic rings. The molecule has 2 aromatic heterocycles. The van der Waals surface area contributed by atoms with E-state index in [0.29, 0.717) is 23.2 Å². The number of rotatable bonds is 8. The fourth-order valence-corrected chi connectivity index (χ4v) is 4.81. The van der Waals surface area contributed by atoms with Gasteiger partial charge in [-0.15, -0.1) is 0 Å². The van der Waals surface area contributed by atoms with Gasteiger partial charge in [0.25, 0.3) is 11.5 Å². The van der Waals surface area contributed by atoms with Crippen molar-refractivity contribution >= 4 is 5.91 Å². The molecule has 0 saturated carbocycles. The number of carbonyl (C=O) groups is 1. The van der Waals surface area contributed by atoms with Crippen LogP contribution in [0.2, 0.25) is 0 Å². The zero-order valence-corrected chi connectivity index (χ0v) is 20.3. The number of primary amides is 1. The number of carbonyl (C=O) groups excluding carboxylic acids is 1. The molecular weight excluding hydrogens is 424 g/mol. The summed E-state index contributed by atoms with van der Waals surface area (Å²) in [7, 11) is 1.87. The molecule has 0 aliphatic heterocycles. The van der Waals surface area contributed by atoms with Crippen LogP contribution in [0.5, 0.6) is 0 Å². The lowest BCUT2D eigenvalue weighted by atomic mass is 9.98. The average molecular weight is 457 g/mol. The van der Waals surface area contributed by atoms with E-state index in [0.717, 1.165) is 47.6 Å². The van der Waals surface area contributed by atoms with Crippen molar-refractivity contribution < 1.29 is 4.79 Å². The number of para-hydroxylation sites is 1. The van der Waals surface area contributed by atoms with Crippen LogP contribution in [0.1, 0.15) is 52.8 Å². The number of hydrogen-bond acceptors (Lipinski definition) is 2. The molecule has 0 atom stereocenters. The van der Waals surface area contributed by atoms with Crippen molar-refractivity contribution in [2.24, 2.45) is 12.8 Å². The quantitative estimate of drug-likeness (QED) is 0.415. The van der Waals surface area contributed by atoms with Gasteiger partial charge in [-0.25, -0.2) is 4.68 Å². The van der Waals surface area contributed by atoms with Crippen LogP contribution in [0.25, 0.3) is 16.8 Å². The summed E-state index contributed by atoms with van der Waals surface area (Å²) >= 11 is 0. The van der Waals surface area contributed by atoms with Crippen LogP contribution in [0, 0.1) is 13.8 Å². The van der Waals surface area contributed by atoms with Gasteiger partial charge in [0.1, 0.15) is 0 Å². The summed E-state index contributed by atoms with van der Waals surface area (Å²) in [6.07, 6.45) is 2.71. The van der Waals surface area contributed by atoms with Gasteiger partial charge in [0.05, 0.1) is 16.8 Å². The predicted molar refractivity (Wildman–Crippen MR) is 137 cm³/mol. The van der Waals surface area contributed by atoms with E-state index in [1.54, 1.807) is 4.68 Å². The maximum atomic E-state index is 13.9. The Morgan fingerprint density at radius 3 is 2.12 bits per heavy atom. The molecule has 0 unspecified atom stereocenters. The van der Waals surface area contributed by atoms with Crippen molar-refractivity contribution in [3.63, 3.8) is 0 Å². The number of nitrogens with two attached hydrogens (primary N) is 1. The number of aromatic nitrogens is 3. The van der Waals surface area contributed by atoms with Crippen LogP contribution in [0.4, 0.5) is 0 Å². The molecule has 2 N–H and O–H groups in total. The Morgan fingerprint density at radius 2 is 1.53 bits per heavy atom. The molecule has 2 aromatic carbocycles. The maximum absolute atomic E-state index is 13.9. The minimum Gasteiger partial charge on any atom is -0.366 e. The highest BCUT2D eigenvalue weighted by Gasteiger charge is 2.30. The Bertz CT molecular complexity index is 1380. The van der Waals surface area contributed by atoms with Gasteiger partial charge in [-0.3, -0.25) is 14.3 Å². The zero-order chi connectivity index (χ0) is 24.4. The van der Waals surface area contributed by atoms with E-state index in [1.165, 1.54) is 0 Å². The van der Waals surface area contributed by atoms with E-state index in [9.17, 15) is 9.59 Å². The van der Waals surface area contributed by atoms with Crippen LogP contribution in [-0.2, 0) is 20.0 Å². The third-order valence-corrected chi connectivity index (χ3v) is 6.63. The molecule has 1 amide bonds. The molecule has 34 heavy (non-hydrogen) atoms. The van der Waals surface area contributed by atoms with Gasteiger partial charge in [-0.05, 0) is 44.4 Å². The maximum Gasteiger partial charge on any atom is 0.279 e. The summed E-state index contributed by atoms with van der Waals surface area (Å²) in [6.45, 7) is 6.61. The Balaban J connectivity index is 2.03. The highest BCUT2D eigenvalue weighted by atomic mass is 16.1. The highest BCUT2D eigenvalue weighted by molar-refractivity contribution is 6.02. The van der Waals surface area contributed by atoms with Crippen molar-refractivity contribution in [2.75, 3.05) is 0 Å². The summed E-state index contributed by atoms with van der Waals surface area (Å²) in [4.78, 5) is 26.7. The fourth-order valence-electron chi connectivity index (χ4n) is 4.81. The van der Waals surface area contributed by atoms with Crippen molar-refractivity contribution in [3.8, 4) is 16.8 Å². The summed E-state index contributed by atoms with van der Waals surface area (Å²) in [5.74, 6) is -0.508. The van der Waals surface area contributed by atoms with Crippen LogP contribution >= 0.6 is 0 Å². The van der Waals surface area contributed by atoms with E-state index in [1.807, 2.05) is 74.1 Å². The molecule has 0 bridgehead atoms. The minimum absolute atomic E-state index is 0.150. The summed E-state index contributed by atoms with van der Waals surface area (Å²) < 4.78 is 5.67. The second kappa shape index (κ2) is 9.59. The lowest BCUT2D eigenvalue weighted by molar-refractivity contribution is 0.1000. The Hall–Kier alpha value is -3.80. The van der Waals surface area contributed by atoms with Crippen molar-refractivity contribution in [1.82, 2.24) is 13.9 Å². The second-order valence-corrected chi connectivity index (χ2v) is 8.76. The molecule has 176 valence electrons. The zero-order valence-electron chi connectivity index (χ0n) is 20.3. The SMILES string of the molecule is CCCCc1c(-c2c(C)n(C)n(-c3ccccc3)c2=O)c(C(N)=O)c(C)n1Cc1ccccc1. The lowest BCUT2D eigenvalue weighted by Crippen LogP contribution is -2.21. The van der Waals surface area contributed by atoms with Gasteiger partial charge >= 0.3 is 0 Å². The topological polar surface area (TPSA) is 75.0 Å². The van der Waals surface area contributed by atoms with Gasteiger partial charge < -0.3 is 10.3 Å². The summed E-state index contributed by atoms with van der Waals surface area (Å²) in [6, 6.07) is 19.7. The smallest absolute Gasteiger partial charge is 0.279 e. The Labute approximate surface area is 200 Å². The van der Waals surface area contributed by atoms with Crippen molar-refractivity contribution in [1.29, 1.82) is 0 Å².